The van der Waals surface area contributed by atoms with Gasteiger partial charge in [-0.1, -0.05) is 18.2 Å². The van der Waals surface area contributed by atoms with Crippen LogP contribution in [0.1, 0.15) is 30.6 Å². The molecule has 1 fully saturated rings. The van der Waals surface area contributed by atoms with Gasteiger partial charge in [-0.05, 0) is 44.5 Å². The van der Waals surface area contributed by atoms with Gasteiger partial charge in [-0.25, -0.2) is 4.98 Å². The number of benzene rings is 1. The van der Waals surface area contributed by atoms with Crippen LogP contribution in [0.15, 0.2) is 48.7 Å². The number of hydrogen-bond acceptors (Lipinski definition) is 5. The Bertz CT molecular complexity index is 826. The van der Waals surface area contributed by atoms with Crippen LogP contribution in [0.25, 0.3) is 0 Å². The molecule has 1 aromatic carbocycles. The molecule has 1 N–H and O–H groups in total. The van der Waals surface area contributed by atoms with Crippen LogP contribution in [-0.4, -0.2) is 65.4 Å². The van der Waals surface area contributed by atoms with Gasteiger partial charge in [0.05, 0.1) is 6.54 Å². The number of carbonyl (C=O) groups excluding carboxylic acids is 2. The Morgan fingerprint density at radius 3 is 2.62 bits per heavy atom. The molecule has 2 heterocycles. The fourth-order valence-electron chi connectivity index (χ4n) is 3.31. The lowest BCUT2D eigenvalue weighted by Gasteiger charge is -2.22. The highest BCUT2D eigenvalue weighted by molar-refractivity contribution is 5.96. The number of rotatable bonds is 6. The topological polar surface area (TPSA) is 74.8 Å². The number of hydrogen-bond donors (Lipinski definition) is 1. The molecule has 0 spiro atoms. The summed E-state index contributed by atoms with van der Waals surface area (Å²) < 4.78 is 5.84. The molecule has 0 saturated carbocycles. The Labute approximate surface area is 171 Å². The number of aromatic nitrogens is 1. The number of carbonyl (C=O) groups is 2. The van der Waals surface area contributed by atoms with E-state index in [4.69, 9.17) is 4.74 Å². The maximum absolute atomic E-state index is 13.1. The van der Waals surface area contributed by atoms with Gasteiger partial charge in [0.15, 0.2) is 0 Å². The van der Waals surface area contributed by atoms with Crippen LogP contribution in [0.4, 0.5) is 0 Å². The summed E-state index contributed by atoms with van der Waals surface area (Å²) in [6.07, 6.45) is 2.43. The second-order valence-electron chi connectivity index (χ2n) is 7.42. The number of ether oxygens (including phenoxy) is 1. The molecule has 1 aromatic heterocycles. The van der Waals surface area contributed by atoms with E-state index in [1.165, 1.54) is 0 Å². The van der Waals surface area contributed by atoms with E-state index in [-0.39, 0.29) is 17.9 Å². The smallest absolute Gasteiger partial charge is 0.259 e. The Balaban J connectivity index is 1.64. The average Bonchev–Trinajstić information content (AvgIpc) is 2.93. The SMILES string of the molecule is CC(C)NC(=O)CN1CCCN(C(=O)c2cccnc2Oc2ccccc2)CC1. The van der Waals surface area contributed by atoms with Gasteiger partial charge < -0.3 is 15.0 Å². The van der Waals surface area contributed by atoms with E-state index in [0.29, 0.717) is 43.4 Å². The van der Waals surface area contributed by atoms with E-state index < -0.39 is 0 Å². The monoisotopic (exact) mass is 396 g/mol. The minimum absolute atomic E-state index is 0.0191. The minimum atomic E-state index is -0.0995. The number of pyridine rings is 1. The third kappa shape index (κ3) is 6.02. The normalized spacial score (nSPS) is 15.1. The van der Waals surface area contributed by atoms with Gasteiger partial charge in [0.25, 0.3) is 5.91 Å². The number of para-hydroxylation sites is 1. The summed E-state index contributed by atoms with van der Waals surface area (Å²) >= 11 is 0. The zero-order chi connectivity index (χ0) is 20.6. The first-order valence-corrected chi connectivity index (χ1v) is 10.0. The van der Waals surface area contributed by atoms with E-state index in [1.807, 2.05) is 49.1 Å². The molecule has 0 unspecified atom stereocenters. The molecule has 0 radical (unpaired) electrons. The van der Waals surface area contributed by atoms with Crippen LogP contribution in [0.2, 0.25) is 0 Å². The van der Waals surface area contributed by atoms with Gasteiger partial charge >= 0.3 is 0 Å². The first-order valence-electron chi connectivity index (χ1n) is 10.0. The molecule has 3 rings (SSSR count). The van der Waals surface area contributed by atoms with Crippen LogP contribution < -0.4 is 10.1 Å². The van der Waals surface area contributed by atoms with E-state index in [2.05, 4.69) is 15.2 Å². The molecule has 0 aliphatic carbocycles. The zero-order valence-electron chi connectivity index (χ0n) is 17.0. The average molecular weight is 396 g/mol. The maximum Gasteiger partial charge on any atom is 0.259 e. The summed E-state index contributed by atoms with van der Waals surface area (Å²) in [7, 11) is 0. The second kappa shape index (κ2) is 10.0. The molecule has 154 valence electrons. The Hall–Kier alpha value is -2.93. The van der Waals surface area contributed by atoms with Gasteiger partial charge in [0.1, 0.15) is 11.3 Å². The van der Waals surface area contributed by atoms with E-state index in [1.54, 1.807) is 18.3 Å². The van der Waals surface area contributed by atoms with Crippen molar-refractivity contribution in [1.82, 2.24) is 20.1 Å². The summed E-state index contributed by atoms with van der Waals surface area (Å²) in [6, 6.07) is 12.9. The van der Waals surface area contributed by atoms with Crippen molar-refractivity contribution < 1.29 is 14.3 Å². The van der Waals surface area contributed by atoms with Gasteiger partial charge in [0, 0.05) is 38.4 Å². The number of amides is 2. The van der Waals surface area contributed by atoms with Gasteiger partial charge in [-0.3, -0.25) is 14.5 Å². The summed E-state index contributed by atoms with van der Waals surface area (Å²) in [4.78, 5) is 33.3. The highest BCUT2D eigenvalue weighted by Gasteiger charge is 2.24. The molecule has 1 aliphatic rings. The number of nitrogens with zero attached hydrogens (tertiary/aromatic N) is 3. The lowest BCUT2D eigenvalue weighted by Crippen LogP contribution is -2.42. The standard InChI is InChI=1S/C22H28N4O3/c1-17(2)24-20(27)16-25-12-7-13-26(15-14-25)22(28)19-10-6-11-23-21(19)29-18-8-4-3-5-9-18/h3-6,8-11,17H,7,12-16H2,1-2H3,(H,24,27). The molecule has 1 saturated heterocycles. The fraction of sp³-hybridized carbons (Fsp3) is 0.409. The molecule has 7 heteroatoms. The molecule has 0 atom stereocenters. The van der Waals surface area contributed by atoms with Gasteiger partial charge in [0.2, 0.25) is 11.8 Å². The Kier molecular flexibility index (Phi) is 7.19. The quantitative estimate of drug-likeness (QED) is 0.812. The van der Waals surface area contributed by atoms with Crippen molar-refractivity contribution in [1.29, 1.82) is 0 Å². The van der Waals surface area contributed by atoms with Crippen molar-refractivity contribution in [2.24, 2.45) is 0 Å². The maximum atomic E-state index is 13.1. The van der Waals surface area contributed by atoms with Crippen molar-refractivity contribution in [3.8, 4) is 11.6 Å². The Morgan fingerprint density at radius 1 is 1.07 bits per heavy atom. The summed E-state index contributed by atoms with van der Waals surface area (Å²) in [5.74, 6) is 0.864. The van der Waals surface area contributed by atoms with Crippen molar-refractivity contribution >= 4 is 11.8 Å². The molecular weight excluding hydrogens is 368 g/mol. The van der Waals surface area contributed by atoms with Crippen molar-refractivity contribution in [3.63, 3.8) is 0 Å². The molecule has 1 aliphatic heterocycles. The van der Waals surface area contributed by atoms with Crippen molar-refractivity contribution in [3.05, 3.63) is 54.2 Å². The third-order valence-electron chi connectivity index (χ3n) is 4.65. The van der Waals surface area contributed by atoms with Gasteiger partial charge in [-0.15, -0.1) is 0 Å². The fourth-order valence-corrected chi connectivity index (χ4v) is 3.31. The molecule has 7 nitrogen and oxygen atoms in total. The second-order valence-corrected chi connectivity index (χ2v) is 7.42. The first-order chi connectivity index (χ1) is 14.0. The van der Waals surface area contributed by atoms with E-state index in [9.17, 15) is 9.59 Å². The first kappa shape index (κ1) is 20.8. The van der Waals surface area contributed by atoms with Crippen molar-refractivity contribution in [2.75, 3.05) is 32.7 Å². The van der Waals surface area contributed by atoms with Crippen LogP contribution in [0, 0.1) is 0 Å². The van der Waals surface area contributed by atoms with Gasteiger partial charge in [-0.2, -0.15) is 0 Å². The molecule has 2 amide bonds. The van der Waals surface area contributed by atoms with Crippen LogP contribution in [0.3, 0.4) is 0 Å². The van der Waals surface area contributed by atoms with E-state index in [0.717, 1.165) is 13.0 Å². The largest absolute Gasteiger partial charge is 0.438 e. The lowest BCUT2D eigenvalue weighted by atomic mass is 10.2. The highest BCUT2D eigenvalue weighted by atomic mass is 16.5. The molecular formula is C22H28N4O3. The number of nitrogens with one attached hydrogen (secondary N) is 1. The predicted octanol–water partition coefficient (Wildman–Crippen LogP) is 2.55. The Morgan fingerprint density at radius 2 is 1.86 bits per heavy atom. The molecule has 2 aromatic rings. The van der Waals surface area contributed by atoms with Crippen LogP contribution >= 0.6 is 0 Å². The summed E-state index contributed by atoms with van der Waals surface area (Å²) in [5.41, 5.74) is 0.447. The minimum Gasteiger partial charge on any atom is -0.438 e. The van der Waals surface area contributed by atoms with Crippen LogP contribution in [-0.2, 0) is 4.79 Å². The molecule has 29 heavy (non-hydrogen) atoms. The van der Waals surface area contributed by atoms with E-state index >= 15 is 0 Å². The molecule has 0 bridgehead atoms. The zero-order valence-corrected chi connectivity index (χ0v) is 17.0. The van der Waals surface area contributed by atoms with Crippen molar-refractivity contribution in [2.45, 2.75) is 26.3 Å². The van der Waals surface area contributed by atoms with Crippen LogP contribution in [0.5, 0.6) is 11.6 Å². The summed E-state index contributed by atoms with van der Waals surface area (Å²) in [5, 5.41) is 2.91. The third-order valence-corrected chi connectivity index (χ3v) is 4.65. The lowest BCUT2D eigenvalue weighted by molar-refractivity contribution is -0.122. The highest BCUT2D eigenvalue weighted by Crippen LogP contribution is 2.24. The predicted molar refractivity (Wildman–Crippen MR) is 111 cm³/mol. The summed E-state index contributed by atoms with van der Waals surface area (Å²) in [6.45, 7) is 6.90.